The highest BCUT2D eigenvalue weighted by Gasteiger charge is 2.12. The van der Waals surface area contributed by atoms with Gasteiger partial charge in [0, 0.05) is 11.6 Å². The number of hydrogen-bond donors (Lipinski definition) is 1. The Bertz CT molecular complexity index is 813. The first-order valence-corrected chi connectivity index (χ1v) is 6.22. The van der Waals surface area contributed by atoms with Crippen molar-refractivity contribution in [3.8, 4) is 5.69 Å². The average Bonchev–Trinajstić information content (AvgIpc) is 2.87. The minimum absolute atomic E-state index is 0.0549. The van der Waals surface area contributed by atoms with E-state index in [0.717, 1.165) is 27.7 Å². The largest absolute Gasteiger partial charge is 0.445 e. The van der Waals surface area contributed by atoms with Gasteiger partial charge in [-0.15, -0.1) is 0 Å². The summed E-state index contributed by atoms with van der Waals surface area (Å²) in [6.07, 6.45) is 0.134. The molecule has 2 rings (SSSR count). The first kappa shape index (κ1) is 16.3. The van der Waals surface area contributed by atoms with E-state index < -0.39 is 30.0 Å². The molecule has 0 atom stereocenters. The standard InChI is InChI=1S/C13H11F3N4O3/c14-4-8(6-23-12(17)21)5-20-13(22)19(7-18-20)9-1-2-10(15)11(16)3-9/h1-4,7H,5-6H2,(H2,17,21)/b8-4-. The van der Waals surface area contributed by atoms with E-state index in [4.69, 9.17) is 5.73 Å². The minimum atomic E-state index is -1.12. The summed E-state index contributed by atoms with van der Waals surface area (Å²) in [5.74, 6) is -2.18. The predicted octanol–water partition coefficient (Wildman–Crippen LogP) is 1.26. The van der Waals surface area contributed by atoms with Crippen LogP contribution in [0.3, 0.4) is 0 Å². The van der Waals surface area contributed by atoms with Crippen molar-refractivity contribution in [1.82, 2.24) is 14.3 Å². The van der Waals surface area contributed by atoms with Crippen LogP contribution >= 0.6 is 0 Å². The first-order chi connectivity index (χ1) is 10.9. The molecule has 0 aliphatic carbocycles. The van der Waals surface area contributed by atoms with Crippen LogP contribution in [0.15, 0.2) is 41.2 Å². The highest BCUT2D eigenvalue weighted by molar-refractivity contribution is 5.64. The Morgan fingerprint density at radius 2 is 2.09 bits per heavy atom. The zero-order chi connectivity index (χ0) is 17.0. The van der Waals surface area contributed by atoms with Crippen LogP contribution in [0.1, 0.15) is 0 Å². The molecule has 1 aromatic heterocycles. The van der Waals surface area contributed by atoms with Crippen LogP contribution < -0.4 is 11.4 Å². The molecule has 0 fully saturated rings. The molecule has 2 aromatic rings. The molecule has 0 aliphatic heterocycles. The normalized spacial score (nSPS) is 11.5. The number of ether oxygens (including phenoxy) is 1. The van der Waals surface area contributed by atoms with E-state index in [1.165, 1.54) is 6.07 Å². The van der Waals surface area contributed by atoms with Gasteiger partial charge in [0.15, 0.2) is 11.6 Å². The number of carbonyl (C=O) groups excluding carboxylic acids is 1. The van der Waals surface area contributed by atoms with Crippen molar-refractivity contribution < 1.29 is 22.7 Å². The van der Waals surface area contributed by atoms with Gasteiger partial charge >= 0.3 is 11.8 Å². The van der Waals surface area contributed by atoms with Crippen molar-refractivity contribution in [2.24, 2.45) is 5.73 Å². The fourth-order valence-corrected chi connectivity index (χ4v) is 1.73. The molecule has 0 bridgehead atoms. The smallest absolute Gasteiger partial charge is 0.404 e. The Hall–Kier alpha value is -3.04. The third-order valence-corrected chi connectivity index (χ3v) is 2.82. The Kier molecular flexibility index (Phi) is 4.84. The first-order valence-electron chi connectivity index (χ1n) is 6.22. The molecule has 1 aromatic carbocycles. The molecule has 0 saturated carbocycles. The third kappa shape index (κ3) is 3.78. The van der Waals surface area contributed by atoms with E-state index in [-0.39, 0.29) is 24.1 Å². The lowest BCUT2D eigenvalue weighted by atomic mass is 10.3. The van der Waals surface area contributed by atoms with Gasteiger partial charge in [-0.05, 0) is 12.1 Å². The number of amides is 1. The number of carbonyl (C=O) groups is 1. The second-order valence-corrected chi connectivity index (χ2v) is 4.41. The van der Waals surface area contributed by atoms with Crippen molar-refractivity contribution in [3.05, 3.63) is 58.5 Å². The number of halogens is 3. The quantitative estimate of drug-likeness (QED) is 0.894. The summed E-state index contributed by atoms with van der Waals surface area (Å²) in [7, 11) is 0. The van der Waals surface area contributed by atoms with Crippen LogP contribution in [0, 0.1) is 11.6 Å². The summed E-state index contributed by atoms with van der Waals surface area (Å²) in [5.41, 5.74) is 4.03. The van der Waals surface area contributed by atoms with Crippen LogP contribution in [0.4, 0.5) is 18.0 Å². The third-order valence-electron chi connectivity index (χ3n) is 2.82. The van der Waals surface area contributed by atoms with Gasteiger partial charge in [-0.3, -0.25) is 0 Å². The molecule has 0 radical (unpaired) electrons. The van der Waals surface area contributed by atoms with Crippen molar-refractivity contribution in [2.45, 2.75) is 6.54 Å². The van der Waals surface area contributed by atoms with Gasteiger partial charge in [-0.2, -0.15) is 5.10 Å². The van der Waals surface area contributed by atoms with Crippen LogP contribution in [0.5, 0.6) is 0 Å². The molecule has 122 valence electrons. The Balaban J connectivity index is 2.23. The van der Waals surface area contributed by atoms with E-state index in [0.29, 0.717) is 0 Å². The molecular weight excluding hydrogens is 317 g/mol. The van der Waals surface area contributed by atoms with Gasteiger partial charge in [0.25, 0.3) is 0 Å². The fourth-order valence-electron chi connectivity index (χ4n) is 1.73. The van der Waals surface area contributed by atoms with Gasteiger partial charge in [0.2, 0.25) is 0 Å². The molecule has 23 heavy (non-hydrogen) atoms. The van der Waals surface area contributed by atoms with Crippen molar-refractivity contribution in [3.63, 3.8) is 0 Å². The number of rotatable bonds is 5. The van der Waals surface area contributed by atoms with Crippen LogP contribution in [0.25, 0.3) is 5.69 Å². The summed E-state index contributed by atoms with van der Waals surface area (Å²) in [4.78, 5) is 22.6. The number of primary amides is 1. The Morgan fingerprint density at radius 1 is 1.35 bits per heavy atom. The zero-order valence-corrected chi connectivity index (χ0v) is 11.6. The molecule has 7 nitrogen and oxygen atoms in total. The molecule has 1 heterocycles. The van der Waals surface area contributed by atoms with E-state index in [1.54, 1.807) is 0 Å². The van der Waals surface area contributed by atoms with Crippen molar-refractivity contribution in [2.75, 3.05) is 6.61 Å². The van der Waals surface area contributed by atoms with E-state index in [1.807, 2.05) is 0 Å². The maximum Gasteiger partial charge on any atom is 0.404 e. The van der Waals surface area contributed by atoms with Crippen molar-refractivity contribution in [1.29, 1.82) is 0 Å². The van der Waals surface area contributed by atoms with Gasteiger partial charge < -0.3 is 10.5 Å². The van der Waals surface area contributed by atoms with E-state index in [9.17, 15) is 22.8 Å². The molecule has 0 unspecified atom stereocenters. The Morgan fingerprint density at radius 3 is 2.70 bits per heavy atom. The number of nitrogens with two attached hydrogens (primary N) is 1. The second-order valence-electron chi connectivity index (χ2n) is 4.41. The average molecular weight is 328 g/mol. The van der Waals surface area contributed by atoms with Gasteiger partial charge in [-0.1, -0.05) is 0 Å². The Labute approximate surface area is 127 Å². The molecule has 0 saturated heterocycles. The number of nitrogens with zero attached hydrogens (tertiary/aromatic N) is 3. The maximum absolute atomic E-state index is 13.2. The lowest BCUT2D eigenvalue weighted by Gasteiger charge is -2.05. The number of aromatic nitrogens is 3. The lowest BCUT2D eigenvalue weighted by Crippen LogP contribution is -2.26. The molecule has 0 spiro atoms. The second kappa shape index (κ2) is 6.81. The highest BCUT2D eigenvalue weighted by atomic mass is 19.2. The van der Waals surface area contributed by atoms with Crippen LogP contribution in [-0.2, 0) is 11.3 Å². The molecule has 0 aliphatic rings. The summed E-state index contributed by atoms with van der Waals surface area (Å²) in [6.45, 7) is -0.754. The molecule has 2 N–H and O–H groups in total. The van der Waals surface area contributed by atoms with E-state index in [2.05, 4.69) is 9.84 Å². The summed E-state index contributed by atoms with van der Waals surface area (Å²) in [5, 5.41) is 3.73. The van der Waals surface area contributed by atoms with E-state index >= 15 is 0 Å². The molecule has 1 amide bonds. The van der Waals surface area contributed by atoms with Crippen LogP contribution in [0.2, 0.25) is 0 Å². The maximum atomic E-state index is 13.2. The summed E-state index contributed by atoms with van der Waals surface area (Å²) < 4.78 is 45.1. The van der Waals surface area contributed by atoms with Gasteiger partial charge in [0.05, 0.1) is 18.6 Å². The predicted molar refractivity (Wildman–Crippen MR) is 72.5 cm³/mol. The monoisotopic (exact) mass is 328 g/mol. The number of hydrogen-bond acceptors (Lipinski definition) is 4. The SMILES string of the molecule is NC(=O)OC/C(=C\F)Cn1ncn(-c2ccc(F)c(F)c2)c1=O. The van der Waals surface area contributed by atoms with Crippen LogP contribution in [-0.4, -0.2) is 27.0 Å². The molecule has 10 heteroatoms. The highest BCUT2D eigenvalue weighted by Crippen LogP contribution is 2.11. The lowest BCUT2D eigenvalue weighted by molar-refractivity contribution is 0.164. The molecular formula is C13H11F3N4O3. The van der Waals surface area contributed by atoms with Crippen molar-refractivity contribution >= 4 is 6.09 Å². The van der Waals surface area contributed by atoms with Gasteiger partial charge in [0.1, 0.15) is 12.9 Å². The zero-order valence-electron chi connectivity index (χ0n) is 11.6. The van der Waals surface area contributed by atoms with Gasteiger partial charge in [-0.25, -0.2) is 32.0 Å². The fraction of sp³-hybridized carbons (Fsp3) is 0.154. The topological polar surface area (TPSA) is 92.1 Å². The summed E-state index contributed by atoms with van der Waals surface area (Å²) >= 11 is 0. The summed E-state index contributed by atoms with van der Waals surface area (Å²) in [6, 6.07) is 2.88. The number of benzene rings is 1. The minimum Gasteiger partial charge on any atom is -0.445 e.